The molecular formula is C20H19BrFNO3. The van der Waals surface area contributed by atoms with Crippen molar-refractivity contribution in [2.45, 2.75) is 37.7 Å². The number of fused-ring (bicyclic) bond motifs is 1. The Morgan fingerprint density at radius 1 is 1.23 bits per heavy atom. The van der Waals surface area contributed by atoms with Gasteiger partial charge in [0.05, 0.1) is 16.6 Å². The van der Waals surface area contributed by atoms with Gasteiger partial charge >= 0.3 is 6.09 Å². The van der Waals surface area contributed by atoms with Gasteiger partial charge in [0.25, 0.3) is 0 Å². The minimum atomic E-state index is -0.372. The van der Waals surface area contributed by atoms with Crippen LogP contribution < -0.4 is 0 Å². The second kappa shape index (κ2) is 7.37. The number of halogens is 2. The number of hydrogen-bond acceptors (Lipinski definition) is 3. The molecule has 4 rings (SSSR count). The Morgan fingerprint density at radius 2 is 2.04 bits per heavy atom. The van der Waals surface area contributed by atoms with Crippen molar-refractivity contribution in [1.82, 2.24) is 4.90 Å². The van der Waals surface area contributed by atoms with Crippen molar-refractivity contribution in [2.75, 3.05) is 6.54 Å². The topological polar surface area (TPSA) is 42.1 Å². The summed E-state index contributed by atoms with van der Waals surface area (Å²) in [6.07, 6.45) is 0.970. The highest BCUT2D eigenvalue weighted by molar-refractivity contribution is 9.10. The fourth-order valence-electron chi connectivity index (χ4n) is 3.52. The molecule has 26 heavy (non-hydrogen) atoms. The van der Waals surface area contributed by atoms with Gasteiger partial charge in [-0.05, 0) is 46.0 Å². The van der Waals surface area contributed by atoms with Crippen LogP contribution in [-0.2, 0) is 22.5 Å². The van der Waals surface area contributed by atoms with Crippen molar-refractivity contribution in [3.05, 3.63) is 69.9 Å². The molecule has 2 aromatic rings. The molecule has 2 aliphatic rings. The molecule has 1 amide bonds. The second-order valence-electron chi connectivity index (χ2n) is 6.65. The lowest BCUT2D eigenvalue weighted by Gasteiger charge is -2.33. The minimum Gasteiger partial charge on any atom is -0.445 e. The SMILES string of the molecule is O=C(OCc1ccccc1)N1CC[C@@H]2O[C@@H]2C1Cc1cccc(Br)c1F. The molecule has 2 fully saturated rings. The Kier molecular flexibility index (Phi) is 4.96. The third-order valence-corrected chi connectivity index (χ3v) is 5.57. The van der Waals surface area contributed by atoms with E-state index in [0.29, 0.717) is 23.0 Å². The number of hydrogen-bond donors (Lipinski definition) is 0. The van der Waals surface area contributed by atoms with Gasteiger partial charge in [0.1, 0.15) is 18.5 Å². The van der Waals surface area contributed by atoms with Gasteiger partial charge in [-0.2, -0.15) is 0 Å². The lowest BCUT2D eigenvalue weighted by Crippen LogP contribution is -2.49. The van der Waals surface area contributed by atoms with Crippen molar-refractivity contribution in [2.24, 2.45) is 0 Å². The normalized spacial score (nSPS) is 24.1. The molecule has 0 aromatic heterocycles. The second-order valence-corrected chi connectivity index (χ2v) is 7.50. The number of carbonyl (C=O) groups excluding carboxylic acids is 1. The molecule has 1 unspecified atom stereocenters. The zero-order valence-corrected chi connectivity index (χ0v) is 15.7. The van der Waals surface area contributed by atoms with Crippen molar-refractivity contribution in [3.8, 4) is 0 Å². The largest absolute Gasteiger partial charge is 0.445 e. The maximum atomic E-state index is 14.4. The van der Waals surface area contributed by atoms with Crippen molar-refractivity contribution in [1.29, 1.82) is 0 Å². The van der Waals surface area contributed by atoms with Crippen molar-refractivity contribution in [3.63, 3.8) is 0 Å². The molecule has 0 spiro atoms. The first-order valence-corrected chi connectivity index (χ1v) is 9.48. The standard InChI is InChI=1S/C20H19BrFNO3/c21-15-8-4-7-14(18(15)22)11-16-19-17(26-19)9-10-23(16)20(24)25-12-13-5-2-1-3-6-13/h1-8,16-17,19H,9-12H2/t16?,17-,19+/m0/s1. The molecule has 0 bridgehead atoms. The summed E-state index contributed by atoms with van der Waals surface area (Å²) in [7, 11) is 0. The van der Waals surface area contributed by atoms with E-state index in [1.54, 1.807) is 23.1 Å². The zero-order chi connectivity index (χ0) is 18.1. The van der Waals surface area contributed by atoms with Crippen LogP contribution in [0.5, 0.6) is 0 Å². The minimum absolute atomic E-state index is 0.0357. The van der Waals surface area contributed by atoms with Crippen molar-refractivity contribution < 1.29 is 18.7 Å². The number of ether oxygens (including phenoxy) is 2. The highest BCUT2D eigenvalue weighted by Gasteiger charge is 2.52. The van der Waals surface area contributed by atoms with Crippen LogP contribution >= 0.6 is 15.9 Å². The molecule has 2 aromatic carbocycles. The summed E-state index contributed by atoms with van der Waals surface area (Å²) in [6.45, 7) is 0.790. The third-order valence-electron chi connectivity index (χ3n) is 4.96. The molecule has 0 saturated carbocycles. The van der Waals surface area contributed by atoms with Gasteiger partial charge in [0, 0.05) is 6.54 Å². The molecule has 4 nitrogen and oxygen atoms in total. The zero-order valence-electron chi connectivity index (χ0n) is 14.1. The number of likely N-dealkylation sites (tertiary alicyclic amines) is 1. The van der Waals surface area contributed by atoms with Crippen LogP contribution in [0.4, 0.5) is 9.18 Å². The van der Waals surface area contributed by atoms with Crippen LogP contribution in [0.2, 0.25) is 0 Å². The Labute approximate surface area is 160 Å². The number of carbonyl (C=O) groups is 1. The number of rotatable bonds is 4. The average molecular weight is 420 g/mol. The van der Waals surface area contributed by atoms with Gasteiger partial charge < -0.3 is 14.4 Å². The smallest absolute Gasteiger partial charge is 0.410 e. The van der Waals surface area contributed by atoms with E-state index >= 15 is 0 Å². The van der Waals surface area contributed by atoms with Crippen LogP contribution in [0.15, 0.2) is 53.0 Å². The summed E-state index contributed by atoms with van der Waals surface area (Å²) < 4.78 is 26.0. The lowest BCUT2D eigenvalue weighted by molar-refractivity contribution is 0.0714. The lowest BCUT2D eigenvalue weighted by atomic mass is 9.95. The van der Waals surface area contributed by atoms with E-state index in [0.717, 1.165) is 12.0 Å². The summed E-state index contributed by atoms with van der Waals surface area (Å²) in [6, 6.07) is 14.6. The van der Waals surface area contributed by atoms with E-state index in [4.69, 9.17) is 9.47 Å². The maximum absolute atomic E-state index is 14.4. The van der Waals surface area contributed by atoms with Gasteiger partial charge in [-0.15, -0.1) is 0 Å². The van der Waals surface area contributed by atoms with Crippen LogP contribution in [0.25, 0.3) is 0 Å². The van der Waals surface area contributed by atoms with Crippen LogP contribution in [0.3, 0.4) is 0 Å². The predicted octanol–water partition coefficient (Wildman–Crippen LogP) is 4.31. The van der Waals surface area contributed by atoms with E-state index in [-0.39, 0.29) is 36.8 Å². The van der Waals surface area contributed by atoms with Crippen LogP contribution in [-0.4, -0.2) is 35.8 Å². The quantitative estimate of drug-likeness (QED) is 0.693. The number of amides is 1. The van der Waals surface area contributed by atoms with Gasteiger partial charge in [0.2, 0.25) is 0 Å². The molecule has 3 atom stereocenters. The molecule has 2 saturated heterocycles. The number of nitrogens with zero attached hydrogens (tertiary/aromatic N) is 1. The highest BCUT2D eigenvalue weighted by Crippen LogP contribution is 2.38. The van der Waals surface area contributed by atoms with E-state index in [2.05, 4.69) is 15.9 Å². The summed E-state index contributed by atoms with van der Waals surface area (Å²) >= 11 is 3.22. The fourth-order valence-corrected chi connectivity index (χ4v) is 3.93. The maximum Gasteiger partial charge on any atom is 0.410 e. The first-order chi connectivity index (χ1) is 12.6. The Morgan fingerprint density at radius 3 is 2.85 bits per heavy atom. The van der Waals surface area contributed by atoms with Crippen LogP contribution in [0, 0.1) is 5.82 Å². The molecule has 0 aliphatic carbocycles. The van der Waals surface area contributed by atoms with E-state index < -0.39 is 0 Å². The van der Waals surface area contributed by atoms with Crippen LogP contribution in [0.1, 0.15) is 17.5 Å². The molecule has 2 heterocycles. The van der Waals surface area contributed by atoms with Gasteiger partial charge in [-0.25, -0.2) is 9.18 Å². The van der Waals surface area contributed by atoms with Crippen molar-refractivity contribution >= 4 is 22.0 Å². The monoisotopic (exact) mass is 419 g/mol. The van der Waals surface area contributed by atoms with E-state index in [1.165, 1.54) is 0 Å². The number of piperidine rings is 1. The van der Waals surface area contributed by atoms with Gasteiger partial charge in [0.15, 0.2) is 0 Å². The third kappa shape index (κ3) is 3.62. The Hall–Kier alpha value is -1.92. The Bertz CT molecular complexity index is 801. The van der Waals surface area contributed by atoms with Gasteiger partial charge in [-0.1, -0.05) is 42.5 Å². The first-order valence-electron chi connectivity index (χ1n) is 8.69. The summed E-state index contributed by atoms with van der Waals surface area (Å²) in [5.74, 6) is -0.284. The molecule has 6 heteroatoms. The number of epoxide rings is 1. The molecular weight excluding hydrogens is 401 g/mol. The van der Waals surface area contributed by atoms with E-state index in [1.807, 2.05) is 30.3 Å². The first kappa shape index (κ1) is 17.5. The summed E-state index contributed by atoms with van der Waals surface area (Å²) in [5.41, 5.74) is 1.51. The average Bonchev–Trinajstić information content (AvgIpc) is 3.45. The Balaban J connectivity index is 1.46. The molecule has 0 N–H and O–H groups in total. The fraction of sp³-hybridized carbons (Fsp3) is 0.350. The van der Waals surface area contributed by atoms with E-state index in [9.17, 15) is 9.18 Å². The molecule has 2 aliphatic heterocycles. The molecule has 0 radical (unpaired) electrons. The molecule has 136 valence electrons. The van der Waals surface area contributed by atoms with Gasteiger partial charge in [-0.3, -0.25) is 0 Å². The highest BCUT2D eigenvalue weighted by atomic mass is 79.9. The number of benzene rings is 2. The summed E-state index contributed by atoms with van der Waals surface area (Å²) in [5, 5.41) is 0. The summed E-state index contributed by atoms with van der Waals surface area (Å²) in [4.78, 5) is 14.3. The predicted molar refractivity (Wildman–Crippen MR) is 98.2 cm³/mol.